The molecule has 3 heterocycles. The SMILES string of the molecule is O=Cc1cccc2nnc(CC3CCCCS3)n12. The Morgan fingerprint density at radius 3 is 3.11 bits per heavy atom. The molecule has 0 bridgehead atoms. The highest BCUT2D eigenvalue weighted by atomic mass is 32.2. The first-order valence-corrected chi connectivity index (χ1v) is 7.33. The van der Waals surface area contributed by atoms with Crippen molar-refractivity contribution in [3.63, 3.8) is 0 Å². The molecule has 0 amide bonds. The third-order valence-electron chi connectivity index (χ3n) is 3.33. The normalized spacial score (nSPS) is 20.1. The van der Waals surface area contributed by atoms with Gasteiger partial charge < -0.3 is 0 Å². The molecule has 1 fully saturated rings. The van der Waals surface area contributed by atoms with E-state index in [0.29, 0.717) is 10.9 Å². The van der Waals surface area contributed by atoms with Crippen LogP contribution in [0.15, 0.2) is 18.2 Å². The molecule has 0 saturated carbocycles. The first kappa shape index (κ1) is 11.7. The Labute approximate surface area is 110 Å². The Kier molecular flexibility index (Phi) is 3.32. The lowest BCUT2D eigenvalue weighted by atomic mass is 10.1. The molecule has 5 heteroatoms. The summed E-state index contributed by atoms with van der Waals surface area (Å²) in [5.41, 5.74) is 1.39. The zero-order chi connectivity index (χ0) is 12.4. The summed E-state index contributed by atoms with van der Waals surface area (Å²) in [6.45, 7) is 0. The van der Waals surface area contributed by atoms with Crippen LogP contribution in [0.3, 0.4) is 0 Å². The highest BCUT2D eigenvalue weighted by molar-refractivity contribution is 7.99. The predicted molar refractivity (Wildman–Crippen MR) is 72.2 cm³/mol. The van der Waals surface area contributed by atoms with Crippen LogP contribution in [-0.4, -0.2) is 31.9 Å². The molecule has 18 heavy (non-hydrogen) atoms. The standard InChI is InChI=1S/C13H15N3OS/c17-9-10-4-3-6-12-14-15-13(16(10)12)8-11-5-1-2-7-18-11/h3-4,6,9,11H,1-2,5,7-8H2. The summed E-state index contributed by atoms with van der Waals surface area (Å²) >= 11 is 2.01. The van der Waals surface area contributed by atoms with Crippen molar-refractivity contribution in [3.8, 4) is 0 Å². The Balaban J connectivity index is 1.93. The van der Waals surface area contributed by atoms with Gasteiger partial charge in [-0.1, -0.05) is 12.5 Å². The van der Waals surface area contributed by atoms with Crippen LogP contribution in [0.25, 0.3) is 5.65 Å². The highest BCUT2D eigenvalue weighted by Gasteiger charge is 2.18. The number of aldehydes is 1. The van der Waals surface area contributed by atoms with Gasteiger partial charge in [0.2, 0.25) is 0 Å². The number of thioether (sulfide) groups is 1. The van der Waals surface area contributed by atoms with Gasteiger partial charge in [-0.25, -0.2) is 0 Å². The lowest BCUT2D eigenvalue weighted by molar-refractivity contribution is 0.111. The number of fused-ring (bicyclic) bond motifs is 1. The van der Waals surface area contributed by atoms with Crippen LogP contribution < -0.4 is 0 Å². The van der Waals surface area contributed by atoms with E-state index >= 15 is 0 Å². The Morgan fingerprint density at radius 1 is 1.39 bits per heavy atom. The van der Waals surface area contributed by atoms with Crippen LogP contribution in [0, 0.1) is 0 Å². The van der Waals surface area contributed by atoms with Crippen molar-refractivity contribution in [2.75, 3.05) is 5.75 Å². The summed E-state index contributed by atoms with van der Waals surface area (Å²) in [6.07, 6.45) is 5.63. The van der Waals surface area contributed by atoms with E-state index in [1.807, 2.05) is 28.3 Å². The number of nitrogens with zero attached hydrogens (tertiary/aromatic N) is 3. The monoisotopic (exact) mass is 261 g/mol. The molecule has 1 aliphatic heterocycles. The molecule has 4 nitrogen and oxygen atoms in total. The molecule has 94 valence electrons. The summed E-state index contributed by atoms with van der Waals surface area (Å²) in [6, 6.07) is 5.53. The number of rotatable bonds is 3. The van der Waals surface area contributed by atoms with E-state index in [4.69, 9.17) is 0 Å². The molecule has 0 aliphatic carbocycles. The second kappa shape index (κ2) is 5.10. The van der Waals surface area contributed by atoms with Gasteiger partial charge in [0, 0.05) is 11.7 Å². The molecule has 0 aromatic carbocycles. The minimum Gasteiger partial charge on any atom is -0.296 e. The highest BCUT2D eigenvalue weighted by Crippen LogP contribution is 2.27. The molecule has 2 aromatic rings. The molecule has 2 aromatic heterocycles. The molecule has 0 radical (unpaired) electrons. The van der Waals surface area contributed by atoms with Gasteiger partial charge in [-0.15, -0.1) is 10.2 Å². The van der Waals surface area contributed by atoms with Gasteiger partial charge in [0.25, 0.3) is 0 Å². The smallest absolute Gasteiger partial charge is 0.166 e. The summed E-state index contributed by atoms with van der Waals surface area (Å²) < 4.78 is 1.88. The lowest BCUT2D eigenvalue weighted by Crippen LogP contribution is -2.15. The molecule has 3 rings (SSSR count). The molecule has 0 spiro atoms. The van der Waals surface area contributed by atoms with E-state index in [1.165, 1.54) is 25.0 Å². The Hall–Kier alpha value is -1.36. The van der Waals surface area contributed by atoms with Gasteiger partial charge in [-0.3, -0.25) is 9.20 Å². The van der Waals surface area contributed by atoms with Crippen LogP contribution in [0.4, 0.5) is 0 Å². The van der Waals surface area contributed by atoms with Gasteiger partial charge in [0.15, 0.2) is 11.9 Å². The molecular formula is C13H15N3OS. The largest absolute Gasteiger partial charge is 0.296 e. The number of hydrogen-bond donors (Lipinski definition) is 0. The number of aromatic nitrogens is 3. The van der Waals surface area contributed by atoms with Crippen LogP contribution in [0.2, 0.25) is 0 Å². The summed E-state index contributed by atoms with van der Waals surface area (Å²) in [4.78, 5) is 11.1. The minimum absolute atomic E-state index is 0.617. The van der Waals surface area contributed by atoms with E-state index in [-0.39, 0.29) is 0 Å². The van der Waals surface area contributed by atoms with Gasteiger partial charge >= 0.3 is 0 Å². The average molecular weight is 261 g/mol. The Morgan fingerprint density at radius 2 is 2.33 bits per heavy atom. The average Bonchev–Trinajstić information content (AvgIpc) is 2.83. The zero-order valence-electron chi connectivity index (χ0n) is 10.1. The Bertz CT molecular complexity index is 560. The number of pyridine rings is 1. The van der Waals surface area contributed by atoms with Gasteiger partial charge in [0.1, 0.15) is 5.82 Å². The maximum absolute atomic E-state index is 11.1. The fourth-order valence-electron chi connectivity index (χ4n) is 2.42. The molecule has 1 atom stereocenters. The zero-order valence-corrected chi connectivity index (χ0v) is 10.9. The molecular weight excluding hydrogens is 246 g/mol. The first-order valence-electron chi connectivity index (χ1n) is 6.28. The third kappa shape index (κ3) is 2.14. The quantitative estimate of drug-likeness (QED) is 0.796. The van der Waals surface area contributed by atoms with Crippen molar-refractivity contribution >= 4 is 23.7 Å². The second-order valence-electron chi connectivity index (χ2n) is 4.57. The maximum atomic E-state index is 11.1. The summed E-state index contributed by atoms with van der Waals surface area (Å²) in [5.74, 6) is 2.15. The maximum Gasteiger partial charge on any atom is 0.166 e. The molecule has 0 N–H and O–H groups in total. The van der Waals surface area contributed by atoms with E-state index in [9.17, 15) is 4.79 Å². The molecule has 1 saturated heterocycles. The van der Waals surface area contributed by atoms with E-state index in [0.717, 1.165) is 24.2 Å². The van der Waals surface area contributed by atoms with Crippen LogP contribution >= 0.6 is 11.8 Å². The van der Waals surface area contributed by atoms with Crippen LogP contribution in [-0.2, 0) is 6.42 Å². The number of carbonyl (C=O) groups excluding carboxylic acids is 1. The third-order valence-corrected chi connectivity index (χ3v) is 4.73. The fourth-order valence-corrected chi connectivity index (χ4v) is 3.73. The molecule has 1 aliphatic rings. The van der Waals surface area contributed by atoms with Crippen molar-refractivity contribution in [1.82, 2.24) is 14.6 Å². The topological polar surface area (TPSA) is 47.3 Å². The van der Waals surface area contributed by atoms with Crippen molar-refractivity contribution in [2.24, 2.45) is 0 Å². The summed E-state index contributed by atoms with van der Waals surface area (Å²) in [7, 11) is 0. The minimum atomic E-state index is 0.617. The van der Waals surface area contributed by atoms with Crippen LogP contribution in [0.1, 0.15) is 35.6 Å². The van der Waals surface area contributed by atoms with Gasteiger partial charge in [0.05, 0.1) is 5.69 Å². The van der Waals surface area contributed by atoms with Crippen molar-refractivity contribution in [2.45, 2.75) is 30.9 Å². The first-order chi connectivity index (χ1) is 8.88. The number of carbonyl (C=O) groups is 1. The van der Waals surface area contributed by atoms with E-state index in [2.05, 4.69) is 10.2 Å². The van der Waals surface area contributed by atoms with Crippen molar-refractivity contribution in [3.05, 3.63) is 29.7 Å². The molecule has 1 unspecified atom stereocenters. The predicted octanol–water partition coefficient (Wildman–Crippen LogP) is 2.37. The second-order valence-corrected chi connectivity index (χ2v) is 5.98. The van der Waals surface area contributed by atoms with E-state index < -0.39 is 0 Å². The van der Waals surface area contributed by atoms with E-state index in [1.54, 1.807) is 6.07 Å². The lowest BCUT2D eigenvalue weighted by Gasteiger charge is -2.20. The fraction of sp³-hybridized carbons (Fsp3) is 0.462. The van der Waals surface area contributed by atoms with Crippen molar-refractivity contribution in [1.29, 1.82) is 0 Å². The van der Waals surface area contributed by atoms with Crippen LogP contribution in [0.5, 0.6) is 0 Å². The van der Waals surface area contributed by atoms with Crippen molar-refractivity contribution < 1.29 is 4.79 Å². The van der Waals surface area contributed by atoms with Gasteiger partial charge in [-0.2, -0.15) is 11.8 Å². The van der Waals surface area contributed by atoms with Gasteiger partial charge in [-0.05, 0) is 30.7 Å². The summed E-state index contributed by atoms with van der Waals surface area (Å²) in [5, 5.41) is 8.99. The number of hydrogen-bond acceptors (Lipinski definition) is 4.